The lowest BCUT2D eigenvalue weighted by molar-refractivity contribution is 0.224. The number of hydrogen-bond acceptors (Lipinski definition) is 2. The molecule has 1 unspecified atom stereocenters. The van der Waals surface area contributed by atoms with Crippen molar-refractivity contribution in [3.05, 3.63) is 29.6 Å². The normalized spacial score (nSPS) is 12.4. The summed E-state index contributed by atoms with van der Waals surface area (Å²) in [6.07, 6.45) is 4.55. The number of halogens is 1. The van der Waals surface area contributed by atoms with Crippen LogP contribution >= 0.6 is 0 Å². The first-order chi connectivity index (χ1) is 8.71. The predicted molar refractivity (Wildman–Crippen MR) is 71.1 cm³/mol. The largest absolute Gasteiger partial charge is 0.490 e. The summed E-state index contributed by atoms with van der Waals surface area (Å²) in [5.74, 6) is 0.371. The second-order valence-electron chi connectivity index (χ2n) is 4.65. The molecule has 1 rings (SSSR count). The molecule has 1 atom stereocenters. The van der Waals surface area contributed by atoms with Gasteiger partial charge in [-0.1, -0.05) is 39.2 Å². The molecule has 2 nitrogen and oxygen atoms in total. The highest BCUT2D eigenvalue weighted by atomic mass is 19.1. The fourth-order valence-electron chi connectivity index (χ4n) is 1.87. The molecule has 0 aromatic heterocycles. The summed E-state index contributed by atoms with van der Waals surface area (Å²) < 4.78 is 19.1. The van der Waals surface area contributed by atoms with E-state index in [1.165, 1.54) is 18.9 Å². The van der Waals surface area contributed by atoms with E-state index in [0.717, 1.165) is 12.8 Å². The number of hydrogen-bond donors (Lipinski definition) is 1. The second kappa shape index (κ2) is 8.09. The minimum absolute atomic E-state index is 0.148. The lowest BCUT2D eigenvalue weighted by atomic mass is 10.0. The van der Waals surface area contributed by atoms with E-state index >= 15 is 0 Å². The number of rotatable bonds is 8. The summed E-state index contributed by atoms with van der Waals surface area (Å²) in [6.45, 7) is 4.72. The summed E-state index contributed by atoms with van der Waals surface area (Å²) in [7, 11) is 0. The van der Waals surface area contributed by atoms with Crippen LogP contribution in [0.25, 0.3) is 0 Å². The minimum atomic E-state index is -0.396. The van der Waals surface area contributed by atoms with Crippen LogP contribution in [0.2, 0.25) is 0 Å². The third-order valence-corrected chi connectivity index (χ3v) is 3.20. The summed E-state index contributed by atoms with van der Waals surface area (Å²) in [5, 5.41) is 8.90. The molecule has 1 aromatic carbocycles. The summed E-state index contributed by atoms with van der Waals surface area (Å²) in [4.78, 5) is 0. The molecular weight excluding hydrogens is 231 g/mol. The van der Waals surface area contributed by atoms with Crippen molar-refractivity contribution < 1.29 is 14.2 Å². The molecular formula is C15H23FO2. The van der Waals surface area contributed by atoms with Gasteiger partial charge in [-0.3, -0.25) is 0 Å². The monoisotopic (exact) mass is 254 g/mol. The first-order valence-electron chi connectivity index (χ1n) is 6.73. The van der Waals surface area contributed by atoms with Gasteiger partial charge in [0.1, 0.15) is 0 Å². The SMILES string of the molecule is CCCCC(CC)COc1ccc(CO)cc1F. The topological polar surface area (TPSA) is 29.5 Å². The van der Waals surface area contributed by atoms with Gasteiger partial charge in [0.25, 0.3) is 0 Å². The summed E-state index contributed by atoms with van der Waals surface area (Å²) >= 11 is 0. The van der Waals surface area contributed by atoms with Gasteiger partial charge in [-0.25, -0.2) is 4.39 Å². The Morgan fingerprint density at radius 3 is 2.67 bits per heavy atom. The molecule has 18 heavy (non-hydrogen) atoms. The van der Waals surface area contributed by atoms with Crippen molar-refractivity contribution in [2.24, 2.45) is 5.92 Å². The van der Waals surface area contributed by atoms with Crippen LogP contribution in [0.4, 0.5) is 4.39 Å². The molecule has 0 aliphatic rings. The van der Waals surface area contributed by atoms with E-state index in [9.17, 15) is 4.39 Å². The standard InChI is InChI=1S/C15H23FO2/c1-3-5-6-12(4-2)11-18-15-8-7-13(10-17)9-14(15)16/h7-9,12,17H,3-6,10-11H2,1-2H3. The first kappa shape index (κ1) is 15.0. The Morgan fingerprint density at radius 1 is 1.33 bits per heavy atom. The molecule has 0 amide bonds. The van der Waals surface area contributed by atoms with Gasteiger partial charge in [-0.05, 0) is 30.0 Å². The van der Waals surface area contributed by atoms with Crippen LogP contribution in [0, 0.1) is 11.7 Å². The predicted octanol–water partition coefficient (Wildman–Crippen LogP) is 3.91. The molecule has 102 valence electrons. The van der Waals surface area contributed by atoms with E-state index < -0.39 is 5.82 Å². The molecule has 0 saturated carbocycles. The van der Waals surface area contributed by atoms with Gasteiger partial charge in [0, 0.05) is 0 Å². The van der Waals surface area contributed by atoms with E-state index in [2.05, 4.69) is 13.8 Å². The van der Waals surface area contributed by atoms with Gasteiger partial charge in [-0.2, -0.15) is 0 Å². The van der Waals surface area contributed by atoms with Gasteiger partial charge >= 0.3 is 0 Å². The van der Waals surface area contributed by atoms with Crippen LogP contribution < -0.4 is 4.74 Å². The maximum absolute atomic E-state index is 13.6. The summed E-state index contributed by atoms with van der Waals surface area (Å²) in [5.41, 5.74) is 0.567. The molecule has 0 aliphatic carbocycles. The number of aliphatic hydroxyl groups excluding tert-OH is 1. The number of unbranched alkanes of at least 4 members (excludes halogenated alkanes) is 1. The van der Waals surface area contributed by atoms with Crippen molar-refractivity contribution >= 4 is 0 Å². The molecule has 0 heterocycles. The Labute approximate surface area is 109 Å². The van der Waals surface area contributed by atoms with Crippen molar-refractivity contribution in [2.45, 2.75) is 46.1 Å². The van der Waals surface area contributed by atoms with Crippen LogP contribution in [-0.4, -0.2) is 11.7 Å². The third kappa shape index (κ3) is 4.65. The van der Waals surface area contributed by atoms with E-state index in [-0.39, 0.29) is 12.4 Å². The van der Waals surface area contributed by atoms with Crippen LogP contribution in [0.15, 0.2) is 18.2 Å². The Bertz CT molecular complexity index is 352. The van der Waals surface area contributed by atoms with Gasteiger partial charge in [-0.15, -0.1) is 0 Å². The average Bonchev–Trinajstić information content (AvgIpc) is 2.40. The quantitative estimate of drug-likeness (QED) is 0.762. The Kier molecular flexibility index (Phi) is 6.73. The smallest absolute Gasteiger partial charge is 0.165 e. The van der Waals surface area contributed by atoms with Crippen LogP contribution in [-0.2, 0) is 6.61 Å². The zero-order chi connectivity index (χ0) is 13.4. The van der Waals surface area contributed by atoms with Gasteiger partial charge in [0.15, 0.2) is 11.6 Å². The van der Waals surface area contributed by atoms with Gasteiger partial charge in [0.05, 0.1) is 13.2 Å². The maximum atomic E-state index is 13.6. The Morgan fingerprint density at radius 2 is 2.11 bits per heavy atom. The molecule has 3 heteroatoms. The lowest BCUT2D eigenvalue weighted by Gasteiger charge is -2.16. The first-order valence-corrected chi connectivity index (χ1v) is 6.73. The van der Waals surface area contributed by atoms with Crippen molar-refractivity contribution in [1.82, 2.24) is 0 Å². The molecule has 0 bridgehead atoms. The highest BCUT2D eigenvalue weighted by Gasteiger charge is 2.09. The summed E-state index contributed by atoms with van der Waals surface area (Å²) in [6, 6.07) is 4.60. The van der Waals surface area contributed by atoms with E-state index in [0.29, 0.717) is 18.1 Å². The number of aliphatic hydroxyl groups is 1. The zero-order valence-electron chi connectivity index (χ0n) is 11.3. The molecule has 0 aliphatic heterocycles. The Hall–Kier alpha value is -1.09. The number of benzene rings is 1. The fraction of sp³-hybridized carbons (Fsp3) is 0.600. The van der Waals surface area contributed by atoms with Gasteiger partial charge in [0.2, 0.25) is 0 Å². The molecule has 0 spiro atoms. The number of ether oxygens (including phenoxy) is 1. The maximum Gasteiger partial charge on any atom is 0.165 e. The van der Waals surface area contributed by atoms with Crippen LogP contribution in [0.3, 0.4) is 0 Å². The van der Waals surface area contributed by atoms with Gasteiger partial charge < -0.3 is 9.84 Å². The fourth-order valence-corrected chi connectivity index (χ4v) is 1.87. The molecule has 0 saturated heterocycles. The van der Waals surface area contributed by atoms with Crippen molar-refractivity contribution in [3.63, 3.8) is 0 Å². The molecule has 0 fully saturated rings. The van der Waals surface area contributed by atoms with E-state index in [1.54, 1.807) is 12.1 Å². The van der Waals surface area contributed by atoms with E-state index in [4.69, 9.17) is 9.84 Å². The van der Waals surface area contributed by atoms with Crippen LogP contribution in [0.5, 0.6) is 5.75 Å². The lowest BCUT2D eigenvalue weighted by Crippen LogP contribution is -2.12. The second-order valence-corrected chi connectivity index (χ2v) is 4.65. The highest BCUT2D eigenvalue weighted by Crippen LogP contribution is 2.21. The average molecular weight is 254 g/mol. The van der Waals surface area contributed by atoms with Crippen LogP contribution in [0.1, 0.15) is 45.1 Å². The third-order valence-electron chi connectivity index (χ3n) is 3.20. The van der Waals surface area contributed by atoms with Crippen molar-refractivity contribution in [2.75, 3.05) is 6.61 Å². The zero-order valence-corrected chi connectivity index (χ0v) is 11.3. The van der Waals surface area contributed by atoms with Crippen molar-refractivity contribution in [3.8, 4) is 5.75 Å². The van der Waals surface area contributed by atoms with E-state index in [1.807, 2.05) is 0 Å². The van der Waals surface area contributed by atoms with Crippen molar-refractivity contribution in [1.29, 1.82) is 0 Å². The minimum Gasteiger partial charge on any atom is -0.490 e. The molecule has 0 radical (unpaired) electrons. The molecule has 1 aromatic rings. The highest BCUT2D eigenvalue weighted by molar-refractivity contribution is 5.28. The Balaban J connectivity index is 2.51. The molecule has 1 N–H and O–H groups in total.